The van der Waals surface area contributed by atoms with Gasteiger partial charge in [-0.3, -0.25) is 4.79 Å². The fourth-order valence-corrected chi connectivity index (χ4v) is 4.45. The highest BCUT2D eigenvalue weighted by atomic mass is 32.2. The van der Waals surface area contributed by atoms with E-state index in [1.54, 1.807) is 4.68 Å². The molecule has 0 bridgehead atoms. The molecule has 1 atom stereocenters. The number of hydrogen-bond acceptors (Lipinski definition) is 5. The van der Waals surface area contributed by atoms with E-state index in [2.05, 4.69) is 15.5 Å². The van der Waals surface area contributed by atoms with Crippen LogP contribution < -0.4 is 0 Å². The number of tetrazole rings is 1. The fraction of sp³-hybridized carbons (Fsp3) is 0.333. The minimum atomic E-state index is -0.366. The standard InChI is InChI=1S/C21H23N5OS/c1-16-10-12-18(13-11-16)26-21(22-23-24-26)28-19(17-8-4-2-5-9-17)20(27)25-14-6-3-7-15-25/h2,4-5,8-13,19H,3,6-7,14-15H2,1H3/t19-/m0/s1. The first-order valence-electron chi connectivity index (χ1n) is 9.58. The first-order valence-corrected chi connectivity index (χ1v) is 10.5. The summed E-state index contributed by atoms with van der Waals surface area (Å²) >= 11 is 1.41. The molecule has 1 amide bonds. The van der Waals surface area contributed by atoms with Crippen molar-refractivity contribution in [3.05, 3.63) is 65.7 Å². The normalized spacial score (nSPS) is 15.4. The highest BCUT2D eigenvalue weighted by Crippen LogP contribution is 2.36. The van der Waals surface area contributed by atoms with Crippen LogP contribution in [0.4, 0.5) is 0 Å². The maximum Gasteiger partial charge on any atom is 0.240 e. The summed E-state index contributed by atoms with van der Waals surface area (Å²) in [6.07, 6.45) is 3.33. The van der Waals surface area contributed by atoms with Gasteiger partial charge in [-0.25, -0.2) is 0 Å². The Balaban J connectivity index is 1.64. The van der Waals surface area contributed by atoms with Crippen LogP contribution in [0.1, 0.15) is 35.6 Å². The van der Waals surface area contributed by atoms with Crippen LogP contribution in [0, 0.1) is 6.92 Å². The third-order valence-corrected chi connectivity index (χ3v) is 6.11. The summed E-state index contributed by atoms with van der Waals surface area (Å²) in [6.45, 7) is 3.69. The van der Waals surface area contributed by atoms with Crippen LogP contribution >= 0.6 is 11.8 Å². The molecule has 0 spiro atoms. The van der Waals surface area contributed by atoms with Gasteiger partial charge in [0.25, 0.3) is 0 Å². The number of piperidine rings is 1. The molecule has 2 heterocycles. The summed E-state index contributed by atoms with van der Waals surface area (Å²) < 4.78 is 1.70. The topological polar surface area (TPSA) is 63.9 Å². The van der Waals surface area contributed by atoms with E-state index in [4.69, 9.17) is 0 Å². The Morgan fingerprint density at radius 1 is 1.00 bits per heavy atom. The van der Waals surface area contributed by atoms with Crippen molar-refractivity contribution in [3.8, 4) is 5.69 Å². The quantitative estimate of drug-likeness (QED) is 0.617. The number of carbonyl (C=O) groups excluding carboxylic acids is 1. The molecule has 1 aliphatic rings. The zero-order chi connectivity index (χ0) is 19.3. The van der Waals surface area contributed by atoms with Crippen LogP contribution in [0.2, 0.25) is 0 Å². The molecule has 6 nitrogen and oxygen atoms in total. The average Bonchev–Trinajstić information content (AvgIpc) is 3.21. The fourth-order valence-electron chi connectivity index (χ4n) is 3.37. The Labute approximate surface area is 168 Å². The number of thioether (sulfide) groups is 1. The smallest absolute Gasteiger partial charge is 0.240 e. The molecule has 1 aromatic heterocycles. The van der Waals surface area contributed by atoms with E-state index in [0.29, 0.717) is 5.16 Å². The van der Waals surface area contributed by atoms with Gasteiger partial charge in [0.05, 0.1) is 5.69 Å². The third-order valence-electron chi connectivity index (χ3n) is 4.94. The molecule has 0 aliphatic carbocycles. The third kappa shape index (κ3) is 4.09. The van der Waals surface area contributed by atoms with E-state index >= 15 is 0 Å². The van der Waals surface area contributed by atoms with E-state index in [-0.39, 0.29) is 11.2 Å². The molecule has 3 aromatic rings. The molecule has 0 saturated carbocycles. The minimum absolute atomic E-state index is 0.134. The predicted molar refractivity (Wildman–Crippen MR) is 109 cm³/mol. The van der Waals surface area contributed by atoms with E-state index in [1.807, 2.05) is 66.4 Å². The lowest BCUT2D eigenvalue weighted by atomic mass is 10.1. The minimum Gasteiger partial charge on any atom is -0.341 e. The highest BCUT2D eigenvalue weighted by molar-refractivity contribution is 8.00. The van der Waals surface area contributed by atoms with Gasteiger partial charge in [0.15, 0.2) is 0 Å². The summed E-state index contributed by atoms with van der Waals surface area (Å²) in [5.74, 6) is 0.134. The summed E-state index contributed by atoms with van der Waals surface area (Å²) in [5, 5.41) is 12.5. The summed E-state index contributed by atoms with van der Waals surface area (Å²) in [4.78, 5) is 15.3. The molecule has 2 aromatic carbocycles. The zero-order valence-corrected chi connectivity index (χ0v) is 16.7. The first kappa shape index (κ1) is 18.7. The van der Waals surface area contributed by atoms with Gasteiger partial charge in [-0.05, 0) is 54.3 Å². The van der Waals surface area contributed by atoms with Crippen molar-refractivity contribution in [2.75, 3.05) is 13.1 Å². The number of aromatic nitrogens is 4. The van der Waals surface area contributed by atoms with Crippen LogP contribution in [0.25, 0.3) is 5.69 Å². The molecule has 28 heavy (non-hydrogen) atoms. The molecule has 144 valence electrons. The second-order valence-corrected chi connectivity index (χ2v) is 8.08. The molecule has 0 radical (unpaired) electrons. The van der Waals surface area contributed by atoms with Crippen molar-refractivity contribution in [2.24, 2.45) is 0 Å². The van der Waals surface area contributed by atoms with E-state index < -0.39 is 0 Å². The van der Waals surface area contributed by atoms with Gasteiger partial charge in [-0.1, -0.05) is 59.8 Å². The number of nitrogens with zero attached hydrogens (tertiary/aromatic N) is 5. The second kappa shape index (κ2) is 8.56. The molecule has 0 N–H and O–H groups in total. The number of likely N-dealkylation sites (tertiary alicyclic amines) is 1. The summed E-state index contributed by atoms with van der Waals surface area (Å²) in [6, 6.07) is 17.9. The van der Waals surface area contributed by atoms with Crippen molar-refractivity contribution in [3.63, 3.8) is 0 Å². The molecular formula is C21H23N5OS. The number of benzene rings is 2. The van der Waals surface area contributed by atoms with Gasteiger partial charge in [-0.2, -0.15) is 4.68 Å². The van der Waals surface area contributed by atoms with Gasteiger partial charge in [0.2, 0.25) is 11.1 Å². The Bertz CT molecular complexity index is 919. The van der Waals surface area contributed by atoms with E-state index in [1.165, 1.54) is 23.7 Å². The number of rotatable bonds is 5. The van der Waals surface area contributed by atoms with Crippen LogP contribution in [-0.4, -0.2) is 44.1 Å². The monoisotopic (exact) mass is 393 g/mol. The highest BCUT2D eigenvalue weighted by Gasteiger charge is 2.30. The lowest BCUT2D eigenvalue weighted by molar-refractivity contribution is -0.131. The van der Waals surface area contributed by atoms with Crippen LogP contribution in [0.3, 0.4) is 0 Å². The largest absolute Gasteiger partial charge is 0.341 e. The van der Waals surface area contributed by atoms with Crippen molar-refractivity contribution in [1.82, 2.24) is 25.1 Å². The van der Waals surface area contributed by atoms with Gasteiger partial charge in [0, 0.05) is 13.1 Å². The molecule has 1 saturated heterocycles. The van der Waals surface area contributed by atoms with Gasteiger partial charge >= 0.3 is 0 Å². The summed E-state index contributed by atoms with van der Waals surface area (Å²) in [7, 11) is 0. The Morgan fingerprint density at radius 3 is 2.43 bits per heavy atom. The van der Waals surface area contributed by atoms with Crippen LogP contribution in [0.15, 0.2) is 59.8 Å². The SMILES string of the molecule is Cc1ccc(-n2nnnc2S[C@H](C(=O)N2CCCCC2)c2ccccc2)cc1. The Kier molecular flexibility index (Phi) is 5.71. The molecule has 4 rings (SSSR count). The first-order chi connectivity index (χ1) is 13.7. The van der Waals surface area contributed by atoms with Gasteiger partial charge in [0.1, 0.15) is 5.25 Å². The van der Waals surface area contributed by atoms with Gasteiger partial charge < -0.3 is 4.90 Å². The van der Waals surface area contributed by atoms with Crippen molar-refractivity contribution < 1.29 is 4.79 Å². The van der Waals surface area contributed by atoms with Crippen molar-refractivity contribution in [1.29, 1.82) is 0 Å². The van der Waals surface area contributed by atoms with E-state index in [0.717, 1.165) is 37.2 Å². The number of aryl methyl sites for hydroxylation is 1. The number of carbonyl (C=O) groups is 1. The second-order valence-electron chi connectivity index (χ2n) is 7.00. The molecule has 7 heteroatoms. The van der Waals surface area contributed by atoms with E-state index in [9.17, 15) is 4.79 Å². The zero-order valence-electron chi connectivity index (χ0n) is 15.9. The molecule has 1 fully saturated rings. The molecule has 1 aliphatic heterocycles. The van der Waals surface area contributed by atoms with Crippen LogP contribution in [-0.2, 0) is 4.79 Å². The van der Waals surface area contributed by atoms with Crippen LogP contribution in [0.5, 0.6) is 0 Å². The predicted octanol–water partition coefficient (Wildman–Crippen LogP) is 3.82. The number of amides is 1. The Morgan fingerprint density at radius 2 is 1.71 bits per heavy atom. The van der Waals surface area contributed by atoms with Crippen molar-refractivity contribution >= 4 is 17.7 Å². The molecule has 0 unspecified atom stereocenters. The Hall–Kier alpha value is -2.67. The lowest BCUT2D eigenvalue weighted by Crippen LogP contribution is -2.38. The average molecular weight is 394 g/mol. The maximum absolute atomic E-state index is 13.3. The molecular weight excluding hydrogens is 370 g/mol. The lowest BCUT2D eigenvalue weighted by Gasteiger charge is -2.30. The maximum atomic E-state index is 13.3. The van der Waals surface area contributed by atoms with Crippen molar-refractivity contribution in [2.45, 2.75) is 36.6 Å². The number of hydrogen-bond donors (Lipinski definition) is 0. The van der Waals surface area contributed by atoms with Gasteiger partial charge in [-0.15, -0.1) is 5.10 Å². The summed E-state index contributed by atoms with van der Waals surface area (Å²) in [5.41, 5.74) is 3.03.